The van der Waals surface area contributed by atoms with Crippen LogP contribution in [0.1, 0.15) is 52.7 Å². The summed E-state index contributed by atoms with van der Waals surface area (Å²) in [6.07, 6.45) is 2.55. The number of hydrogen-bond acceptors (Lipinski definition) is 3. The lowest BCUT2D eigenvalue weighted by Gasteiger charge is -2.31. The van der Waals surface area contributed by atoms with Gasteiger partial charge in [-0.1, -0.05) is 34.6 Å². The van der Waals surface area contributed by atoms with E-state index in [1.54, 1.807) is 6.33 Å². The Hall–Kier alpha value is -0.830. The van der Waals surface area contributed by atoms with E-state index in [-0.39, 0.29) is 5.41 Å². The number of hydrogen-bond donors (Lipinski definition) is 1. The van der Waals surface area contributed by atoms with Crippen LogP contribution in [-0.2, 0) is 0 Å². The van der Waals surface area contributed by atoms with Crippen molar-refractivity contribution in [3.8, 4) is 0 Å². The minimum atomic E-state index is 0.151. The van der Waals surface area contributed by atoms with Crippen LogP contribution < -0.4 is 5.32 Å². The molecule has 3 nitrogen and oxygen atoms in total. The summed E-state index contributed by atoms with van der Waals surface area (Å²) in [7, 11) is 0. The van der Waals surface area contributed by atoms with Crippen LogP contribution in [-0.4, -0.2) is 21.9 Å². The van der Waals surface area contributed by atoms with Crippen molar-refractivity contribution in [1.82, 2.24) is 9.97 Å². The SMILES string of the molecule is CC(C)c1cc(NC(CCCl)C(C)(C)C)ncn1. The van der Waals surface area contributed by atoms with E-state index in [4.69, 9.17) is 11.6 Å². The zero-order valence-electron chi connectivity index (χ0n) is 12.0. The molecule has 1 atom stereocenters. The fourth-order valence-corrected chi connectivity index (χ4v) is 1.99. The van der Waals surface area contributed by atoms with Crippen LogP contribution >= 0.6 is 11.6 Å². The van der Waals surface area contributed by atoms with E-state index in [2.05, 4.69) is 49.9 Å². The number of aromatic nitrogens is 2. The van der Waals surface area contributed by atoms with Crippen LogP contribution in [0, 0.1) is 5.41 Å². The number of anilines is 1. The van der Waals surface area contributed by atoms with Crippen LogP contribution in [0.5, 0.6) is 0 Å². The molecule has 0 saturated carbocycles. The quantitative estimate of drug-likeness (QED) is 0.820. The summed E-state index contributed by atoms with van der Waals surface area (Å²) in [5.41, 5.74) is 1.21. The molecule has 1 rings (SSSR count). The summed E-state index contributed by atoms with van der Waals surface area (Å²) in [5.74, 6) is 1.95. The summed E-state index contributed by atoms with van der Waals surface area (Å²) in [4.78, 5) is 8.57. The highest BCUT2D eigenvalue weighted by molar-refractivity contribution is 6.17. The second-order valence-corrected chi connectivity index (χ2v) is 6.40. The normalized spacial score (nSPS) is 13.7. The summed E-state index contributed by atoms with van der Waals surface area (Å²) in [6, 6.07) is 2.34. The molecule has 1 aromatic rings. The Morgan fingerprint density at radius 3 is 2.44 bits per heavy atom. The van der Waals surface area contributed by atoms with Gasteiger partial charge in [-0.05, 0) is 17.8 Å². The van der Waals surface area contributed by atoms with Crippen molar-refractivity contribution in [2.75, 3.05) is 11.2 Å². The van der Waals surface area contributed by atoms with Crippen molar-refractivity contribution in [3.63, 3.8) is 0 Å². The third-order valence-corrected chi connectivity index (χ3v) is 3.26. The molecule has 1 N–H and O–H groups in total. The Bertz CT molecular complexity index is 372. The van der Waals surface area contributed by atoms with Gasteiger partial charge in [-0.2, -0.15) is 0 Å². The molecular formula is C14H24ClN3. The predicted octanol–water partition coefficient (Wildman–Crippen LogP) is 4.06. The number of rotatable bonds is 5. The van der Waals surface area contributed by atoms with Crippen molar-refractivity contribution in [3.05, 3.63) is 18.1 Å². The first-order valence-corrected chi connectivity index (χ1v) is 7.02. The first kappa shape index (κ1) is 15.2. The van der Waals surface area contributed by atoms with Gasteiger partial charge in [0, 0.05) is 23.7 Å². The van der Waals surface area contributed by atoms with Crippen molar-refractivity contribution in [2.24, 2.45) is 5.41 Å². The minimum Gasteiger partial charge on any atom is -0.367 e. The molecule has 0 aliphatic heterocycles. The van der Waals surface area contributed by atoms with Crippen LogP contribution in [0.3, 0.4) is 0 Å². The van der Waals surface area contributed by atoms with E-state index >= 15 is 0 Å². The molecule has 1 unspecified atom stereocenters. The van der Waals surface area contributed by atoms with Crippen LogP contribution in [0.15, 0.2) is 12.4 Å². The van der Waals surface area contributed by atoms with Gasteiger partial charge in [0.1, 0.15) is 12.1 Å². The molecule has 102 valence electrons. The van der Waals surface area contributed by atoms with E-state index in [1.165, 1.54) is 0 Å². The number of nitrogens with zero attached hydrogens (tertiary/aromatic N) is 2. The van der Waals surface area contributed by atoms with Gasteiger partial charge in [0.05, 0.1) is 0 Å². The second kappa shape index (κ2) is 6.37. The maximum atomic E-state index is 5.88. The number of alkyl halides is 1. The molecule has 1 aromatic heterocycles. The van der Waals surface area contributed by atoms with E-state index < -0.39 is 0 Å². The largest absolute Gasteiger partial charge is 0.367 e. The highest BCUT2D eigenvalue weighted by Gasteiger charge is 2.24. The Morgan fingerprint density at radius 2 is 1.94 bits per heavy atom. The summed E-state index contributed by atoms with van der Waals surface area (Å²) < 4.78 is 0. The summed E-state index contributed by atoms with van der Waals surface area (Å²) in [5, 5.41) is 3.48. The van der Waals surface area contributed by atoms with Gasteiger partial charge in [0.2, 0.25) is 0 Å². The van der Waals surface area contributed by atoms with Crippen molar-refractivity contribution in [1.29, 1.82) is 0 Å². The maximum absolute atomic E-state index is 5.88. The first-order valence-electron chi connectivity index (χ1n) is 6.49. The van der Waals surface area contributed by atoms with Gasteiger partial charge >= 0.3 is 0 Å². The Kier molecular flexibility index (Phi) is 5.39. The van der Waals surface area contributed by atoms with E-state index in [0.717, 1.165) is 17.9 Å². The molecular weight excluding hydrogens is 246 g/mol. The smallest absolute Gasteiger partial charge is 0.129 e. The third kappa shape index (κ3) is 4.45. The van der Waals surface area contributed by atoms with Crippen molar-refractivity contribution in [2.45, 2.75) is 53.0 Å². The number of nitrogens with one attached hydrogen (secondary N) is 1. The van der Waals surface area contributed by atoms with Gasteiger partial charge in [0.15, 0.2) is 0 Å². The second-order valence-electron chi connectivity index (χ2n) is 6.02. The molecule has 0 saturated heterocycles. The van der Waals surface area contributed by atoms with Crippen LogP contribution in [0.4, 0.5) is 5.82 Å². The fourth-order valence-electron chi connectivity index (χ4n) is 1.78. The van der Waals surface area contributed by atoms with Gasteiger partial charge in [-0.15, -0.1) is 11.6 Å². The summed E-state index contributed by atoms with van der Waals surface area (Å²) >= 11 is 5.88. The lowest BCUT2D eigenvalue weighted by molar-refractivity contribution is 0.334. The predicted molar refractivity (Wildman–Crippen MR) is 78.3 cm³/mol. The van der Waals surface area contributed by atoms with Crippen molar-refractivity contribution < 1.29 is 0 Å². The molecule has 0 radical (unpaired) electrons. The molecule has 0 spiro atoms. The van der Waals surface area contributed by atoms with Gasteiger partial charge in [0.25, 0.3) is 0 Å². The Labute approximate surface area is 115 Å². The van der Waals surface area contributed by atoms with Crippen LogP contribution in [0.25, 0.3) is 0 Å². The monoisotopic (exact) mass is 269 g/mol. The first-order chi connectivity index (χ1) is 8.34. The standard InChI is InChI=1S/C14H24ClN3/c1-10(2)11-8-13(17-9-16-11)18-12(6-7-15)14(3,4)5/h8-10,12H,6-7H2,1-5H3,(H,16,17,18). The summed E-state index contributed by atoms with van der Waals surface area (Å²) in [6.45, 7) is 10.9. The Balaban J connectivity index is 2.84. The van der Waals surface area contributed by atoms with E-state index in [0.29, 0.717) is 17.8 Å². The average Bonchev–Trinajstić information content (AvgIpc) is 2.27. The fraction of sp³-hybridized carbons (Fsp3) is 0.714. The lowest BCUT2D eigenvalue weighted by atomic mass is 9.85. The average molecular weight is 270 g/mol. The number of halogens is 1. The molecule has 0 aliphatic rings. The van der Waals surface area contributed by atoms with Crippen molar-refractivity contribution >= 4 is 17.4 Å². The highest BCUT2D eigenvalue weighted by atomic mass is 35.5. The molecule has 0 aliphatic carbocycles. The third-order valence-electron chi connectivity index (χ3n) is 3.05. The minimum absolute atomic E-state index is 0.151. The highest BCUT2D eigenvalue weighted by Crippen LogP contribution is 2.26. The van der Waals surface area contributed by atoms with Gasteiger partial charge in [-0.3, -0.25) is 0 Å². The van der Waals surface area contributed by atoms with E-state index in [1.807, 2.05) is 6.07 Å². The lowest BCUT2D eigenvalue weighted by Crippen LogP contribution is -2.34. The molecule has 1 heterocycles. The molecule has 0 amide bonds. The van der Waals surface area contributed by atoms with Crippen LogP contribution in [0.2, 0.25) is 0 Å². The topological polar surface area (TPSA) is 37.8 Å². The maximum Gasteiger partial charge on any atom is 0.129 e. The molecule has 4 heteroatoms. The zero-order chi connectivity index (χ0) is 13.8. The van der Waals surface area contributed by atoms with Gasteiger partial charge in [-0.25, -0.2) is 9.97 Å². The van der Waals surface area contributed by atoms with E-state index in [9.17, 15) is 0 Å². The molecule has 0 fully saturated rings. The zero-order valence-corrected chi connectivity index (χ0v) is 12.8. The van der Waals surface area contributed by atoms with Gasteiger partial charge < -0.3 is 5.32 Å². The Morgan fingerprint density at radius 1 is 1.28 bits per heavy atom. The molecule has 0 aromatic carbocycles. The molecule has 18 heavy (non-hydrogen) atoms. The molecule has 0 bridgehead atoms.